The van der Waals surface area contributed by atoms with Gasteiger partial charge in [0.05, 0.1) is 17.3 Å². The zero-order valence-corrected chi connectivity index (χ0v) is 18.8. The second-order valence-electron chi connectivity index (χ2n) is 7.44. The second kappa shape index (κ2) is 10.6. The Hall–Kier alpha value is -2.92. The molecule has 3 amide bonds. The Labute approximate surface area is 191 Å². The molecular formula is C20H24ClN5O5S. The maximum atomic E-state index is 12.5. The van der Waals surface area contributed by atoms with Crippen molar-refractivity contribution in [2.45, 2.75) is 49.5 Å². The molecule has 0 saturated heterocycles. The summed E-state index contributed by atoms with van der Waals surface area (Å²) in [7, 11) is -4.02. The van der Waals surface area contributed by atoms with E-state index in [0.29, 0.717) is 12.0 Å². The smallest absolute Gasteiger partial charge is 0.413 e. The molecule has 1 saturated carbocycles. The Morgan fingerprint density at radius 2 is 1.81 bits per heavy atom. The second-order valence-corrected chi connectivity index (χ2v) is 9.51. The summed E-state index contributed by atoms with van der Waals surface area (Å²) in [5, 5.41) is 12.2. The number of hydrogen-bond donors (Lipinski definition) is 3. The molecule has 0 atom stereocenters. The van der Waals surface area contributed by atoms with E-state index in [2.05, 4.69) is 15.3 Å². The van der Waals surface area contributed by atoms with Crippen LogP contribution < -0.4 is 14.9 Å². The number of sulfonamides is 1. The summed E-state index contributed by atoms with van der Waals surface area (Å²) in [6.45, 7) is 0.0680. The summed E-state index contributed by atoms with van der Waals surface area (Å²) in [5.74, 6) is 0.0948. The predicted molar refractivity (Wildman–Crippen MR) is 118 cm³/mol. The molecule has 1 fully saturated rings. The van der Waals surface area contributed by atoms with Crippen molar-refractivity contribution in [2.75, 3.05) is 11.4 Å². The van der Waals surface area contributed by atoms with Crippen molar-refractivity contribution in [3.05, 3.63) is 47.4 Å². The summed E-state index contributed by atoms with van der Waals surface area (Å²) in [6, 6.07) is 5.13. The van der Waals surface area contributed by atoms with Gasteiger partial charge in [-0.15, -0.1) is 0 Å². The molecule has 0 spiro atoms. The number of carboxylic acid groups (broad SMARTS) is 1. The Morgan fingerprint density at radius 3 is 2.44 bits per heavy atom. The Morgan fingerprint density at radius 1 is 1.12 bits per heavy atom. The van der Waals surface area contributed by atoms with Gasteiger partial charge >= 0.3 is 12.1 Å². The molecule has 172 valence electrons. The van der Waals surface area contributed by atoms with Crippen LogP contribution in [-0.4, -0.2) is 48.2 Å². The lowest BCUT2D eigenvalue weighted by Crippen LogP contribution is -2.45. The summed E-state index contributed by atoms with van der Waals surface area (Å²) < 4.78 is 27.0. The number of rotatable bonds is 7. The van der Waals surface area contributed by atoms with Crippen molar-refractivity contribution in [2.24, 2.45) is 0 Å². The van der Waals surface area contributed by atoms with E-state index < -0.39 is 22.1 Å². The van der Waals surface area contributed by atoms with Gasteiger partial charge in [0.1, 0.15) is 5.15 Å². The average molecular weight is 482 g/mol. The Balaban J connectivity index is 1.59. The van der Waals surface area contributed by atoms with E-state index in [1.165, 1.54) is 24.5 Å². The molecule has 1 aliphatic carbocycles. The first-order valence-corrected chi connectivity index (χ1v) is 12.0. The molecule has 10 nitrogen and oxygen atoms in total. The monoisotopic (exact) mass is 481 g/mol. The number of halogens is 1. The predicted octanol–water partition coefficient (Wildman–Crippen LogP) is 3.18. The molecule has 1 aromatic carbocycles. The first-order chi connectivity index (χ1) is 15.2. The van der Waals surface area contributed by atoms with Crippen LogP contribution in [0.1, 0.15) is 37.7 Å². The minimum atomic E-state index is -4.02. The van der Waals surface area contributed by atoms with Crippen molar-refractivity contribution in [1.82, 2.24) is 20.0 Å². The summed E-state index contributed by atoms with van der Waals surface area (Å²) in [6.07, 6.45) is 6.52. The van der Waals surface area contributed by atoms with E-state index in [0.717, 1.165) is 37.0 Å². The first kappa shape index (κ1) is 23.7. The maximum Gasteiger partial charge on any atom is 0.413 e. The summed E-state index contributed by atoms with van der Waals surface area (Å²) in [5.41, 5.74) is 0.705. The van der Waals surface area contributed by atoms with Gasteiger partial charge in [-0.25, -0.2) is 27.7 Å². The molecule has 1 aliphatic rings. The number of urea groups is 1. The number of nitrogens with one attached hydrogen (secondary N) is 2. The van der Waals surface area contributed by atoms with E-state index in [1.54, 1.807) is 12.1 Å². The standard InChI is InChI=1S/C20H24ClN5O5S/c21-17-12-22-13-18(24-17)26(20(28)29)11-10-14-6-8-16(9-7-14)32(30,31)25-19(27)23-15-4-2-1-3-5-15/h6-9,12-13,15H,1-5,10-11H2,(H,28,29)(H2,23,25,27). The van der Waals surface area contributed by atoms with E-state index in [1.807, 2.05) is 4.72 Å². The van der Waals surface area contributed by atoms with E-state index >= 15 is 0 Å². The molecule has 0 radical (unpaired) electrons. The summed E-state index contributed by atoms with van der Waals surface area (Å²) >= 11 is 5.78. The third-order valence-corrected chi connectivity index (χ3v) is 6.65. The number of amides is 3. The van der Waals surface area contributed by atoms with Crippen molar-refractivity contribution in [3.8, 4) is 0 Å². The molecule has 1 heterocycles. The van der Waals surface area contributed by atoms with Crippen LogP contribution in [0.3, 0.4) is 0 Å². The van der Waals surface area contributed by atoms with Gasteiger partial charge in [-0.1, -0.05) is 43.0 Å². The molecule has 1 aromatic heterocycles. The topological polar surface area (TPSA) is 142 Å². The molecule has 3 N–H and O–H groups in total. The molecule has 0 bridgehead atoms. The van der Waals surface area contributed by atoms with Crippen molar-refractivity contribution in [3.63, 3.8) is 0 Å². The number of nitrogens with zero attached hydrogens (tertiary/aromatic N) is 3. The minimum absolute atomic E-state index is 0.0114. The molecule has 12 heteroatoms. The van der Waals surface area contributed by atoms with Crippen LogP contribution in [0.4, 0.5) is 15.4 Å². The van der Waals surface area contributed by atoms with Crippen LogP contribution in [0.2, 0.25) is 5.15 Å². The largest absolute Gasteiger partial charge is 0.465 e. The lowest BCUT2D eigenvalue weighted by molar-refractivity contribution is 0.201. The van der Waals surface area contributed by atoms with Gasteiger partial charge in [0.15, 0.2) is 5.82 Å². The SMILES string of the molecule is O=C(NC1CCCCC1)NS(=O)(=O)c1ccc(CCN(C(=O)O)c2cncc(Cl)n2)cc1. The van der Waals surface area contributed by atoms with Gasteiger partial charge in [0.2, 0.25) is 0 Å². The normalized spacial score (nSPS) is 14.5. The third kappa shape index (κ3) is 6.54. The highest BCUT2D eigenvalue weighted by atomic mass is 35.5. The fourth-order valence-electron chi connectivity index (χ4n) is 3.49. The van der Waals surface area contributed by atoms with Crippen LogP contribution in [0, 0.1) is 0 Å². The number of carbonyl (C=O) groups is 2. The molecule has 0 aliphatic heterocycles. The third-order valence-electron chi connectivity index (χ3n) is 5.13. The molecule has 0 unspecified atom stereocenters. The highest BCUT2D eigenvalue weighted by Gasteiger charge is 2.21. The fourth-order valence-corrected chi connectivity index (χ4v) is 4.55. The first-order valence-electron chi connectivity index (χ1n) is 10.1. The zero-order chi connectivity index (χ0) is 23.1. The van der Waals surface area contributed by atoms with Gasteiger partial charge in [-0.05, 0) is 37.0 Å². The summed E-state index contributed by atoms with van der Waals surface area (Å²) in [4.78, 5) is 32.4. The Bertz CT molecular complexity index is 1060. The maximum absolute atomic E-state index is 12.5. The number of hydrogen-bond acceptors (Lipinski definition) is 6. The van der Waals surface area contributed by atoms with E-state index in [9.17, 15) is 23.1 Å². The number of aromatic nitrogens is 2. The van der Waals surface area contributed by atoms with Gasteiger partial charge in [0, 0.05) is 12.6 Å². The average Bonchev–Trinajstić information content (AvgIpc) is 2.74. The van der Waals surface area contributed by atoms with E-state index in [-0.39, 0.29) is 28.5 Å². The molecule has 2 aromatic rings. The van der Waals surface area contributed by atoms with E-state index in [4.69, 9.17) is 11.6 Å². The van der Waals surface area contributed by atoms with Crippen LogP contribution in [0.25, 0.3) is 0 Å². The van der Waals surface area contributed by atoms with Crippen molar-refractivity contribution in [1.29, 1.82) is 0 Å². The number of benzene rings is 1. The number of carbonyl (C=O) groups excluding carboxylic acids is 1. The quantitative estimate of drug-likeness (QED) is 0.551. The highest BCUT2D eigenvalue weighted by Crippen LogP contribution is 2.18. The van der Waals surface area contributed by atoms with Gasteiger partial charge in [0.25, 0.3) is 10.0 Å². The fraction of sp³-hybridized carbons (Fsp3) is 0.400. The molecule has 3 rings (SSSR count). The lowest BCUT2D eigenvalue weighted by Gasteiger charge is -2.22. The lowest BCUT2D eigenvalue weighted by atomic mass is 9.96. The van der Waals surface area contributed by atoms with Crippen LogP contribution in [0.15, 0.2) is 41.6 Å². The highest BCUT2D eigenvalue weighted by molar-refractivity contribution is 7.90. The van der Waals surface area contributed by atoms with Crippen molar-refractivity contribution < 1.29 is 23.1 Å². The van der Waals surface area contributed by atoms with Crippen LogP contribution >= 0.6 is 11.6 Å². The van der Waals surface area contributed by atoms with Gasteiger partial charge in [-0.3, -0.25) is 9.88 Å². The van der Waals surface area contributed by atoms with Crippen LogP contribution in [0.5, 0.6) is 0 Å². The Kier molecular flexibility index (Phi) is 7.86. The van der Waals surface area contributed by atoms with Gasteiger partial charge in [-0.2, -0.15) is 0 Å². The van der Waals surface area contributed by atoms with Crippen molar-refractivity contribution >= 4 is 39.6 Å². The minimum Gasteiger partial charge on any atom is -0.465 e. The number of anilines is 1. The van der Waals surface area contributed by atoms with Gasteiger partial charge < -0.3 is 10.4 Å². The molecule has 32 heavy (non-hydrogen) atoms. The molecular weight excluding hydrogens is 458 g/mol. The van der Waals surface area contributed by atoms with Crippen LogP contribution in [-0.2, 0) is 16.4 Å². The zero-order valence-electron chi connectivity index (χ0n) is 17.2.